The van der Waals surface area contributed by atoms with E-state index >= 15 is 0 Å². The standard InChI is InChI=1S/C21H33N10O14P3S/c1-24-11-15(27-20(22)29-17(11)33)26-19-14(38-2)13(32)9(42-19)6-40-46(35)44-48(37,49)45-47(36)43-39-5-8-3-4-10(41-8)31-7-25-12-16(31)28-21(23)30-18(12)34/h7-10,13-14,19,24,32,35-36H,3-6H2,1-2H3,(H,37,49)(H3,23,28,30,34)(H4,22,26,27,29,33). The lowest BCUT2D eigenvalue weighted by atomic mass is 10.1. The Morgan fingerprint density at radius 3 is 2.57 bits per heavy atom. The second-order valence-corrected chi connectivity index (χ2v) is 15.2. The summed E-state index contributed by atoms with van der Waals surface area (Å²) in [7, 11) is -3.06. The van der Waals surface area contributed by atoms with Crippen LogP contribution in [0.5, 0.6) is 0 Å². The summed E-state index contributed by atoms with van der Waals surface area (Å²) in [5.74, 6) is -0.224. The molecule has 0 radical (unpaired) electrons. The van der Waals surface area contributed by atoms with Crippen LogP contribution in [0.1, 0.15) is 19.1 Å². The second-order valence-electron chi connectivity index (χ2n) is 10.2. The first-order valence-electron chi connectivity index (χ1n) is 14.0. The summed E-state index contributed by atoms with van der Waals surface area (Å²) < 4.78 is 38.1. The van der Waals surface area contributed by atoms with Crippen LogP contribution >= 0.6 is 23.9 Å². The third-order valence-electron chi connectivity index (χ3n) is 6.99. The Kier molecular flexibility index (Phi) is 12.5. The maximum Gasteiger partial charge on any atom is 0.367 e. The first-order valence-corrected chi connectivity index (χ1v) is 18.8. The summed E-state index contributed by atoms with van der Waals surface area (Å²) in [6, 6.07) is 0. The molecule has 2 fully saturated rings. The van der Waals surface area contributed by atoms with Crippen molar-refractivity contribution in [3.63, 3.8) is 0 Å². The highest BCUT2D eigenvalue weighted by atomic mass is 32.5. The van der Waals surface area contributed by atoms with Gasteiger partial charge in [0.1, 0.15) is 36.8 Å². The van der Waals surface area contributed by atoms with Crippen molar-refractivity contribution in [1.82, 2.24) is 29.5 Å². The second kappa shape index (κ2) is 16.2. The van der Waals surface area contributed by atoms with Gasteiger partial charge in [-0.2, -0.15) is 14.6 Å². The lowest BCUT2D eigenvalue weighted by molar-refractivity contribution is -0.233. The Morgan fingerprint density at radius 1 is 1.12 bits per heavy atom. The SMILES string of the molecule is CNc1c(NC2OC(COP(O)OP(O)(=S)OP(O)OOCC3CCC(n4cnc5c(=O)[nH]c(N)nc54)O3)C(O)C2OC)nc(N)[nH]c1=O. The molecule has 2 saturated heterocycles. The summed E-state index contributed by atoms with van der Waals surface area (Å²) in [4.78, 5) is 76.6. The van der Waals surface area contributed by atoms with Gasteiger partial charge in [-0.05, 0) is 24.6 Å². The molecule has 28 heteroatoms. The summed E-state index contributed by atoms with van der Waals surface area (Å²) in [5, 5.41) is 16.2. The Hall–Kier alpha value is -2.54. The van der Waals surface area contributed by atoms with Gasteiger partial charge in [-0.15, -0.1) is 0 Å². The van der Waals surface area contributed by atoms with Gasteiger partial charge < -0.3 is 60.6 Å². The van der Waals surface area contributed by atoms with Gasteiger partial charge in [-0.25, -0.2) is 18.5 Å². The monoisotopic (exact) mass is 774 g/mol. The number of fused-ring (bicyclic) bond motifs is 1. The van der Waals surface area contributed by atoms with Gasteiger partial charge in [0.15, 0.2) is 23.2 Å². The number of H-pyrrole nitrogens is 2. The lowest BCUT2D eigenvalue weighted by Crippen LogP contribution is -2.39. The van der Waals surface area contributed by atoms with Gasteiger partial charge in [0, 0.05) is 14.2 Å². The van der Waals surface area contributed by atoms with Crippen molar-refractivity contribution in [2.75, 3.05) is 49.5 Å². The Bertz CT molecular complexity index is 1770. The molecule has 5 heterocycles. The third-order valence-corrected chi connectivity index (χ3v) is 11.6. The van der Waals surface area contributed by atoms with Crippen LogP contribution in [-0.2, 0) is 48.7 Å². The normalized spacial score (nSPS) is 26.5. The summed E-state index contributed by atoms with van der Waals surface area (Å²) in [5.41, 5.74) is 10.6. The van der Waals surface area contributed by atoms with E-state index in [1.54, 1.807) is 4.57 Å². The van der Waals surface area contributed by atoms with E-state index in [2.05, 4.69) is 35.6 Å². The van der Waals surface area contributed by atoms with Crippen molar-refractivity contribution in [2.24, 2.45) is 0 Å². The molecule has 2 aliphatic heterocycles. The molecule has 2 aliphatic rings. The minimum Gasteiger partial charge on any atom is -0.387 e. The number of nitrogens with two attached hydrogens (primary N) is 2. The molecule has 3 aromatic rings. The number of imidazole rings is 1. The molecular weight excluding hydrogens is 741 g/mol. The number of hydrogen-bond donors (Lipinski definition) is 10. The molecule has 272 valence electrons. The number of nitrogens with zero attached hydrogens (tertiary/aromatic N) is 4. The molecule has 0 aliphatic carbocycles. The minimum atomic E-state index is -4.34. The lowest BCUT2D eigenvalue weighted by Gasteiger charge is -2.21. The van der Waals surface area contributed by atoms with Crippen molar-refractivity contribution in [2.45, 2.75) is 49.7 Å². The van der Waals surface area contributed by atoms with Crippen molar-refractivity contribution in [1.29, 1.82) is 0 Å². The number of nitrogens with one attached hydrogen (secondary N) is 4. The first kappa shape index (κ1) is 37.7. The van der Waals surface area contributed by atoms with Gasteiger partial charge in [-0.1, -0.05) is 0 Å². The van der Waals surface area contributed by atoms with Crippen LogP contribution in [0.3, 0.4) is 0 Å². The molecule has 5 rings (SSSR count). The molecule has 0 bridgehead atoms. The minimum absolute atomic E-state index is 0.0210. The van der Waals surface area contributed by atoms with Crippen LogP contribution < -0.4 is 33.2 Å². The molecule has 12 N–H and O–H groups in total. The van der Waals surface area contributed by atoms with Gasteiger partial charge in [-0.3, -0.25) is 24.1 Å². The average Bonchev–Trinajstić information content (AvgIpc) is 3.72. The van der Waals surface area contributed by atoms with E-state index in [1.165, 1.54) is 20.5 Å². The van der Waals surface area contributed by atoms with E-state index in [1.807, 2.05) is 0 Å². The summed E-state index contributed by atoms with van der Waals surface area (Å²) >= 11 is 4.80. The number of nitrogen functional groups attached to an aromatic ring is 2. The van der Waals surface area contributed by atoms with Gasteiger partial charge >= 0.3 is 23.9 Å². The molecule has 9 unspecified atom stereocenters. The van der Waals surface area contributed by atoms with E-state index in [-0.39, 0.29) is 41.2 Å². The molecule has 0 aromatic carbocycles. The maximum absolute atomic E-state index is 12.2. The molecule has 24 nitrogen and oxygen atoms in total. The number of methoxy groups -OCH3 is 1. The molecule has 0 amide bonds. The fourth-order valence-electron chi connectivity index (χ4n) is 4.90. The van der Waals surface area contributed by atoms with Crippen LogP contribution in [0.25, 0.3) is 11.2 Å². The first-order chi connectivity index (χ1) is 23.3. The quantitative estimate of drug-likeness (QED) is 0.0471. The van der Waals surface area contributed by atoms with E-state index in [4.69, 9.17) is 60.2 Å². The Balaban J connectivity index is 1.04. The van der Waals surface area contributed by atoms with Crippen LogP contribution in [0.15, 0.2) is 15.9 Å². The highest BCUT2D eigenvalue weighted by Gasteiger charge is 2.45. The number of aromatic amines is 2. The van der Waals surface area contributed by atoms with E-state index in [0.717, 1.165) is 0 Å². The number of aromatic nitrogens is 6. The number of hydrogen-bond acceptors (Lipinski definition) is 21. The van der Waals surface area contributed by atoms with E-state index in [0.29, 0.717) is 12.8 Å². The van der Waals surface area contributed by atoms with Crippen LogP contribution in [0, 0.1) is 0 Å². The Morgan fingerprint density at radius 2 is 1.84 bits per heavy atom. The molecule has 3 aromatic heterocycles. The van der Waals surface area contributed by atoms with Crippen molar-refractivity contribution in [3.05, 3.63) is 27.0 Å². The molecule has 9 atom stereocenters. The average molecular weight is 775 g/mol. The zero-order chi connectivity index (χ0) is 35.5. The maximum atomic E-state index is 12.2. The number of aliphatic hydroxyl groups excluding tert-OH is 1. The molecular formula is C21H33N10O14P3S. The van der Waals surface area contributed by atoms with E-state index < -0.39 is 78.5 Å². The number of aliphatic hydroxyl groups is 1. The number of anilines is 4. The molecule has 49 heavy (non-hydrogen) atoms. The zero-order valence-corrected chi connectivity index (χ0v) is 28.9. The van der Waals surface area contributed by atoms with E-state index in [9.17, 15) is 29.4 Å². The van der Waals surface area contributed by atoms with Crippen molar-refractivity contribution >= 4 is 70.3 Å². The van der Waals surface area contributed by atoms with Gasteiger partial charge in [0.2, 0.25) is 11.9 Å². The van der Waals surface area contributed by atoms with Crippen LogP contribution in [0.2, 0.25) is 0 Å². The van der Waals surface area contributed by atoms with Crippen LogP contribution in [0.4, 0.5) is 23.4 Å². The summed E-state index contributed by atoms with van der Waals surface area (Å²) in [6.45, 7) is -4.99. The predicted molar refractivity (Wildman–Crippen MR) is 174 cm³/mol. The number of rotatable bonds is 16. The van der Waals surface area contributed by atoms with Crippen molar-refractivity contribution < 1.29 is 56.7 Å². The fraction of sp³-hybridized carbons (Fsp3) is 0.571. The largest absolute Gasteiger partial charge is 0.387 e. The number of ether oxygens (including phenoxy) is 3. The molecule has 0 spiro atoms. The summed E-state index contributed by atoms with van der Waals surface area (Å²) in [6.07, 6.45) is -3.06. The predicted octanol–water partition coefficient (Wildman–Crippen LogP) is -1.05. The molecule has 0 saturated carbocycles. The van der Waals surface area contributed by atoms with Gasteiger partial charge in [0.05, 0.1) is 19.0 Å². The zero-order valence-electron chi connectivity index (χ0n) is 25.4. The van der Waals surface area contributed by atoms with Crippen LogP contribution in [-0.4, -0.2) is 107 Å². The highest BCUT2D eigenvalue weighted by Crippen LogP contribution is 2.62. The topological polar surface area (TPSA) is 340 Å². The highest BCUT2D eigenvalue weighted by molar-refractivity contribution is 8.09. The van der Waals surface area contributed by atoms with Gasteiger partial charge in [0.25, 0.3) is 11.1 Å². The third kappa shape index (κ3) is 9.23. The fourth-order valence-corrected chi connectivity index (χ4v) is 8.45. The smallest absolute Gasteiger partial charge is 0.367 e. The van der Waals surface area contributed by atoms with Crippen molar-refractivity contribution in [3.8, 4) is 0 Å². The Labute approximate surface area is 282 Å².